The number of H-pyrrole nitrogens is 1. The van der Waals surface area contributed by atoms with Crippen molar-refractivity contribution in [1.82, 2.24) is 30.0 Å². The largest absolute Gasteiger partial charge is 0.393 e. The summed E-state index contributed by atoms with van der Waals surface area (Å²) in [6.45, 7) is 5.68. The predicted octanol–water partition coefficient (Wildman–Crippen LogP) is 4.21. The molecule has 2 fully saturated rings. The van der Waals surface area contributed by atoms with Crippen LogP contribution < -0.4 is 5.32 Å². The molecular formula is C30H35N7O2. The lowest BCUT2D eigenvalue weighted by Crippen LogP contribution is -2.35. The molecule has 3 aromatic heterocycles. The van der Waals surface area contributed by atoms with Crippen molar-refractivity contribution in [2.75, 3.05) is 31.5 Å². The first kappa shape index (κ1) is 25.6. The van der Waals surface area contributed by atoms with Crippen LogP contribution in [0.15, 0.2) is 55.0 Å². The summed E-state index contributed by atoms with van der Waals surface area (Å²) in [6, 6.07) is 12.0. The summed E-state index contributed by atoms with van der Waals surface area (Å²) in [5.74, 6) is -0.275. The van der Waals surface area contributed by atoms with Crippen molar-refractivity contribution in [3.8, 4) is 11.1 Å². The Bertz CT molecular complexity index is 1420. The number of hydrogen-bond acceptors (Lipinski definition) is 7. The molecule has 2 aliphatic rings. The molecule has 1 aromatic carbocycles. The first-order chi connectivity index (χ1) is 19.1. The van der Waals surface area contributed by atoms with Gasteiger partial charge in [0.15, 0.2) is 5.69 Å². The number of aromatic amines is 1. The van der Waals surface area contributed by atoms with Crippen LogP contribution >= 0.6 is 0 Å². The molecule has 0 bridgehead atoms. The highest BCUT2D eigenvalue weighted by Crippen LogP contribution is 2.27. The maximum Gasteiger partial charge on any atom is 0.276 e. The molecule has 3 N–H and O–H groups in total. The number of amides is 1. The number of nitrogens with one attached hydrogen (secondary N) is 2. The van der Waals surface area contributed by atoms with Crippen molar-refractivity contribution in [1.29, 1.82) is 0 Å². The van der Waals surface area contributed by atoms with Gasteiger partial charge in [-0.3, -0.25) is 29.7 Å². The Hall–Kier alpha value is -3.66. The Morgan fingerprint density at radius 3 is 2.54 bits per heavy atom. The van der Waals surface area contributed by atoms with Crippen LogP contribution in [-0.4, -0.2) is 73.3 Å². The molecule has 202 valence electrons. The summed E-state index contributed by atoms with van der Waals surface area (Å²) in [4.78, 5) is 27.0. The van der Waals surface area contributed by atoms with Gasteiger partial charge in [-0.2, -0.15) is 5.10 Å². The zero-order valence-corrected chi connectivity index (χ0v) is 22.1. The second kappa shape index (κ2) is 11.6. The molecule has 0 saturated carbocycles. The van der Waals surface area contributed by atoms with Crippen LogP contribution in [0, 0.1) is 0 Å². The number of carbonyl (C=O) groups is 1. The molecule has 9 heteroatoms. The number of benzene rings is 1. The highest BCUT2D eigenvalue weighted by atomic mass is 16.3. The molecule has 0 atom stereocenters. The fourth-order valence-corrected chi connectivity index (χ4v) is 5.56. The molecule has 0 unspecified atom stereocenters. The first-order valence-corrected chi connectivity index (χ1v) is 13.9. The molecule has 9 nitrogen and oxygen atoms in total. The molecule has 6 rings (SSSR count). The molecule has 39 heavy (non-hydrogen) atoms. The quantitative estimate of drug-likeness (QED) is 0.331. The van der Waals surface area contributed by atoms with Crippen LogP contribution in [0.1, 0.15) is 53.8 Å². The third-order valence-electron chi connectivity index (χ3n) is 7.79. The summed E-state index contributed by atoms with van der Waals surface area (Å²) in [5.41, 5.74) is 5.91. The zero-order chi connectivity index (χ0) is 26.6. The zero-order valence-electron chi connectivity index (χ0n) is 22.1. The Balaban J connectivity index is 1.15. The van der Waals surface area contributed by atoms with Crippen molar-refractivity contribution >= 4 is 22.5 Å². The van der Waals surface area contributed by atoms with Gasteiger partial charge in [0, 0.05) is 49.5 Å². The normalized spacial score (nSPS) is 17.5. The molecule has 0 aliphatic carbocycles. The van der Waals surface area contributed by atoms with Crippen molar-refractivity contribution in [3.05, 3.63) is 71.9 Å². The maximum absolute atomic E-state index is 13.2. The summed E-state index contributed by atoms with van der Waals surface area (Å²) >= 11 is 0. The van der Waals surface area contributed by atoms with E-state index in [1.807, 2.05) is 42.7 Å². The fraction of sp³-hybridized carbons (Fsp3) is 0.400. The van der Waals surface area contributed by atoms with E-state index in [-0.39, 0.29) is 12.0 Å². The summed E-state index contributed by atoms with van der Waals surface area (Å²) in [6.07, 6.45) is 10.7. The highest BCUT2D eigenvalue weighted by molar-refractivity contribution is 6.11. The van der Waals surface area contributed by atoms with Gasteiger partial charge in [0.05, 0.1) is 29.2 Å². The highest BCUT2D eigenvalue weighted by Gasteiger charge is 2.18. The molecule has 0 radical (unpaired) electrons. The van der Waals surface area contributed by atoms with Crippen molar-refractivity contribution < 1.29 is 9.90 Å². The Morgan fingerprint density at radius 1 is 0.923 bits per heavy atom. The number of fused-ring (bicyclic) bond motifs is 1. The number of aliphatic hydroxyl groups is 1. The minimum atomic E-state index is -0.275. The van der Waals surface area contributed by atoms with E-state index in [4.69, 9.17) is 0 Å². The summed E-state index contributed by atoms with van der Waals surface area (Å²) in [5, 5.41) is 20.8. The molecule has 4 aromatic rings. The van der Waals surface area contributed by atoms with E-state index < -0.39 is 0 Å². The van der Waals surface area contributed by atoms with E-state index >= 15 is 0 Å². The van der Waals surface area contributed by atoms with Crippen molar-refractivity contribution in [3.63, 3.8) is 0 Å². The van der Waals surface area contributed by atoms with Crippen LogP contribution in [0.5, 0.6) is 0 Å². The Labute approximate surface area is 228 Å². The van der Waals surface area contributed by atoms with Gasteiger partial charge in [-0.05, 0) is 80.2 Å². The Morgan fingerprint density at radius 2 is 1.74 bits per heavy atom. The van der Waals surface area contributed by atoms with Gasteiger partial charge < -0.3 is 10.4 Å². The third kappa shape index (κ3) is 6.16. The van der Waals surface area contributed by atoms with Crippen LogP contribution in [0.3, 0.4) is 0 Å². The lowest BCUT2D eigenvalue weighted by atomic mass is 10.0. The molecule has 5 heterocycles. The molecule has 2 saturated heterocycles. The molecule has 2 aliphatic heterocycles. The lowest BCUT2D eigenvalue weighted by molar-refractivity contribution is 0.0792. The molecule has 1 amide bonds. The predicted molar refractivity (Wildman–Crippen MR) is 151 cm³/mol. The van der Waals surface area contributed by atoms with E-state index in [9.17, 15) is 9.90 Å². The average molecular weight is 526 g/mol. The van der Waals surface area contributed by atoms with Gasteiger partial charge in [0.2, 0.25) is 0 Å². The maximum atomic E-state index is 13.2. The molecular weight excluding hydrogens is 490 g/mol. The van der Waals surface area contributed by atoms with Crippen LogP contribution in [-0.2, 0) is 13.1 Å². The number of aromatic nitrogens is 4. The van der Waals surface area contributed by atoms with Gasteiger partial charge in [-0.1, -0.05) is 12.5 Å². The van der Waals surface area contributed by atoms with E-state index in [1.54, 1.807) is 6.20 Å². The van der Waals surface area contributed by atoms with E-state index in [0.717, 1.165) is 85.4 Å². The molecule has 0 spiro atoms. The number of aliphatic hydroxyl groups excluding tert-OH is 1. The number of likely N-dealkylation sites (tertiary alicyclic amines) is 2. The SMILES string of the molecule is O=C(Nc1ccc(CN2CCCCC2)nc1)c1n[nH]c2ccc(-c3cncc(CN4CCC(O)CC4)c3)cc12. The van der Waals surface area contributed by atoms with E-state index in [0.29, 0.717) is 11.4 Å². The minimum absolute atomic E-state index is 0.182. The number of carbonyl (C=O) groups excluding carboxylic acids is 1. The van der Waals surface area contributed by atoms with Gasteiger partial charge in [-0.25, -0.2) is 0 Å². The smallest absolute Gasteiger partial charge is 0.276 e. The monoisotopic (exact) mass is 525 g/mol. The van der Waals surface area contributed by atoms with E-state index in [1.165, 1.54) is 19.3 Å². The second-order valence-corrected chi connectivity index (χ2v) is 10.8. The summed E-state index contributed by atoms with van der Waals surface area (Å²) in [7, 11) is 0. The van der Waals surface area contributed by atoms with Crippen LogP contribution in [0.25, 0.3) is 22.0 Å². The topological polar surface area (TPSA) is 110 Å². The number of nitrogens with zero attached hydrogens (tertiary/aromatic N) is 5. The van der Waals surface area contributed by atoms with Gasteiger partial charge in [0.1, 0.15) is 0 Å². The van der Waals surface area contributed by atoms with Crippen molar-refractivity contribution in [2.45, 2.75) is 51.3 Å². The van der Waals surface area contributed by atoms with Crippen LogP contribution in [0.4, 0.5) is 5.69 Å². The van der Waals surface area contributed by atoms with Gasteiger partial charge >= 0.3 is 0 Å². The number of rotatable bonds is 7. The second-order valence-electron chi connectivity index (χ2n) is 10.8. The van der Waals surface area contributed by atoms with Crippen LogP contribution in [0.2, 0.25) is 0 Å². The van der Waals surface area contributed by atoms with Gasteiger partial charge in [0.25, 0.3) is 5.91 Å². The van der Waals surface area contributed by atoms with Crippen molar-refractivity contribution in [2.24, 2.45) is 0 Å². The standard InChI is InChI=1S/C30H35N7O2/c38-26-8-12-37(13-9-26)19-21-14-23(17-31-16-21)22-4-7-28-27(15-22)29(35-34-28)30(39)33-24-5-6-25(32-18-24)20-36-10-2-1-3-11-36/h4-7,14-18,26,38H,1-3,8-13,19-20H2,(H,33,39)(H,34,35). The lowest BCUT2D eigenvalue weighted by Gasteiger charge is -2.29. The summed E-state index contributed by atoms with van der Waals surface area (Å²) < 4.78 is 0. The first-order valence-electron chi connectivity index (χ1n) is 13.9. The Kier molecular flexibility index (Phi) is 7.62. The third-order valence-corrected chi connectivity index (χ3v) is 7.79. The number of pyridine rings is 2. The number of piperidine rings is 2. The minimum Gasteiger partial charge on any atom is -0.393 e. The number of hydrogen-bond donors (Lipinski definition) is 3. The number of anilines is 1. The van der Waals surface area contributed by atoms with E-state index in [2.05, 4.69) is 41.3 Å². The van der Waals surface area contributed by atoms with Gasteiger partial charge in [-0.15, -0.1) is 0 Å². The fourth-order valence-electron chi connectivity index (χ4n) is 5.56. The average Bonchev–Trinajstić information content (AvgIpc) is 3.40.